The average molecular weight is 285 g/mol. The van der Waals surface area contributed by atoms with Gasteiger partial charge in [-0.25, -0.2) is 0 Å². The summed E-state index contributed by atoms with van der Waals surface area (Å²) >= 11 is 1.95. The lowest BCUT2D eigenvalue weighted by atomic mass is 10.3. The molecule has 0 spiro atoms. The highest BCUT2D eigenvalue weighted by atomic mass is 127. The highest BCUT2D eigenvalue weighted by Gasteiger charge is 2.00. The van der Waals surface area contributed by atoms with Crippen molar-refractivity contribution in [1.82, 2.24) is 0 Å². The van der Waals surface area contributed by atoms with Crippen LogP contribution in [0.3, 0.4) is 0 Å². The van der Waals surface area contributed by atoms with Crippen molar-refractivity contribution in [2.75, 3.05) is 11.4 Å². The number of para-hydroxylation sites is 1. The standard InChI is InChI=1S/C10H8INO/c11-7-4-8-12(9-13)10-5-2-1-3-6-10/h1-3,5-6,9H,8H2. The smallest absolute Gasteiger partial charge is 0.214 e. The Hall–Kier alpha value is -1.02. The monoisotopic (exact) mass is 285 g/mol. The molecular formula is C10H8INO. The Morgan fingerprint density at radius 3 is 2.62 bits per heavy atom. The van der Waals surface area contributed by atoms with Gasteiger partial charge in [0.1, 0.15) is 0 Å². The van der Waals surface area contributed by atoms with Gasteiger partial charge in [0.15, 0.2) is 0 Å². The van der Waals surface area contributed by atoms with Crippen LogP contribution in [0, 0.1) is 9.85 Å². The van der Waals surface area contributed by atoms with Crippen molar-refractivity contribution >= 4 is 34.7 Å². The summed E-state index contributed by atoms with van der Waals surface area (Å²) in [5.41, 5.74) is 0.872. The fraction of sp³-hybridized carbons (Fsp3) is 0.100. The van der Waals surface area contributed by atoms with Gasteiger partial charge in [-0.15, -0.1) is 0 Å². The van der Waals surface area contributed by atoms with E-state index in [4.69, 9.17) is 0 Å². The van der Waals surface area contributed by atoms with Crippen LogP contribution < -0.4 is 4.90 Å². The number of carbonyl (C=O) groups excluding carboxylic acids is 1. The van der Waals surface area contributed by atoms with E-state index in [2.05, 4.69) is 9.85 Å². The van der Waals surface area contributed by atoms with Crippen LogP contribution in [0.4, 0.5) is 5.69 Å². The van der Waals surface area contributed by atoms with Gasteiger partial charge in [0.25, 0.3) is 0 Å². The SMILES string of the molecule is O=CN(CC#CI)c1ccccc1. The van der Waals surface area contributed by atoms with Crippen LogP contribution in [0.1, 0.15) is 0 Å². The predicted molar refractivity (Wildman–Crippen MR) is 61.6 cm³/mol. The van der Waals surface area contributed by atoms with E-state index in [0.717, 1.165) is 12.1 Å². The second kappa shape index (κ2) is 5.60. The maximum absolute atomic E-state index is 10.7. The summed E-state index contributed by atoms with van der Waals surface area (Å²) in [4.78, 5) is 12.2. The van der Waals surface area contributed by atoms with Crippen molar-refractivity contribution in [3.63, 3.8) is 0 Å². The van der Waals surface area contributed by atoms with E-state index in [1.54, 1.807) is 4.90 Å². The van der Waals surface area contributed by atoms with Crippen molar-refractivity contribution in [3.8, 4) is 9.85 Å². The molecule has 1 amide bonds. The third-order valence-corrected chi connectivity index (χ3v) is 1.91. The molecule has 66 valence electrons. The minimum atomic E-state index is 0.441. The molecule has 0 saturated heterocycles. The first-order valence-electron chi connectivity index (χ1n) is 3.74. The van der Waals surface area contributed by atoms with Gasteiger partial charge in [-0.05, 0) is 16.1 Å². The van der Waals surface area contributed by atoms with E-state index in [1.807, 2.05) is 52.9 Å². The van der Waals surface area contributed by atoms with E-state index < -0.39 is 0 Å². The third-order valence-electron chi connectivity index (χ3n) is 1.53. The van der Waals surface area contributed by atoms with Crippen LogP contribution in [0.25, 0.3) is 0 Å². The van der Waals surface area contributed by atoms with Crippen molar-refractivity contribution in [3.05, 3.63) is 30.3 Å². The van der Waals surface area contributed by atoms with Crippen molar-refractivity contribution in [1.29, 1.82) is 0 Å². The highest BCUT2D eigenvalue weighted by Crippen LogP contribution is 2.09. The first kappa shape index (κ1) is 10.1. The lowest BCUT2D eigenvalue weighted by Gasteiger charge is -2.13. The number of amides is 1. The maximum atomic E-state index is 10.7. The van der Waals surface area contributed by atoms with E-state index in [0.29, 0.717) is 6.54 Å². The first-order valence-corrected chi connectivity index (χ1v) is 4.82. The normalized spacial score (nSPS) is 8.38. The molecular weight excluding hydrogens is 277 g/mol. The molecule has 0 aliphatic carbocycles. The Bertz CT molecular complexity index is 326. The van der Waals surface area contributed by atoms with Crippen LogP contribution in [0.2, 0.25) is 0 Å². The van der Waals surface area contributed by atoms with E-state index in [-0.39, 0.29) is 0 Å². The second-order valence-corrected chi connectivity index (χ2v) is 2.88. The molecule has 0 aromatic heterocycles. The summed E-state index contributed by atoms with van der Waals surface area (Å²) in [6, 6.07) is 9.45. The molecule has 0 atom stereocenters. The molecule has 0 fully saturated rings. The summed E-state index contributed by atoms with van der Waals surface area (Å²) in [7, 11) is 0. The van der Waals surface area contributed by atoms with Gasteiger partial charge in [-0.1, -0.05) is 24.1 Å². The summed E-state index contributed by atoms with van der Waals surface area (Å²) in [5.74, 6) is 2.83. The molecule has 0 N–H and O–H groups in total. The number of rotatable bonds is 3. The zero-order valence-corrected chi connectivity index (χ0v) is 9.06. The zero-order chi connectivity index (χ0) is 9.52. The molecule has 0 radical (unpaired) electrons. The minimum absolute atomic E-state index is 0.441. The number of anilines is 1. The van der Waals surface area contributed by atoms with Gasteiger partial charge in [0, 0.05) is 28.3 Å². The van der Waals surface area contributed by atoms with Crippen LogP contribution >= 0.6 is 22.6 Å². The Labute approximate surface area is 91.1 Å². The Balaban J connectivity index is 2.76. The topological polar surface area (TPSA) is 20.3 Å². The maximum Gasteiger partial charge on any atom is 0.214 e. The Morgan fingerprint density at radius 1 is 1.38 bits per heavy atom. The van der Waals surface area contributed by atoms with Gasteiger partial charge in [-0.2, -0.15) is 0 Å². The zero-order valence-electron chi connectivity index (χ0n) is 6.90. The second-order valence-electron chi connectivity index (χ2n) is 2.34. The molecule has 1 rings (SSSR count). The molecule has 1 aromatic rings. The quantitative estimate of drug-likeness (QED) is 0.473. The molecule has 1 aromatic carbocycles. The molecule has 3 heteroatoms. The summed E-state index contributed by atoms with van der Waals surface area (Å²) in [5, 5.41) is 0. The largest absolute Gasteiger partial charge is 0.303 e. The van der Waals surface area contributed by atoms with Crippen LogP contribution in [-0.4, -0.2) is 13.0 Å². The lowest BCUT2D eigenvalue weighted by molar-refractivity contribution is -0.107. The van der Waals surface area contributed by atoms with E-state index >= 15 is 0 Å². The molecule has 0 aliphatic rings. The number of nitrogens with zero attached hydrogens (tertiary/aromatic N) is 1. The molecule has 13 heavy (non-hydrogen) atoms. The minimum Gasteiger partial charge on any atom is -0.303 e. The Kier molecular flexibility index (Phi) is 4.33. The Morgan fingerprint density at radius 2 is 2.08 bits per heavy atom. The van der Waals surface area contributed by atoms with Crippen molar-refractivity contribution < 1.29 is 4.79 Å². The highest BCUT2D eigenvalue weighted by molar-refractivity contribution is 14.1. The number of benzene rings is 1. The van der Waals surface area contributed by atoms with Gasteiger partial charge in [-0.3, -0.25) is 4.79 Å². The summed E-state index contributed by atoms with van der Waals surface area (Å²) in [6.07, 6.45) is 0.788. The van der Waals surface area contributed by atoms with Gasteiger partial charge < -0.3 is 4.90 Å². The molecule has 0 aliphatic heterocycles. The van der Waals surface area contributed by atoms with Crippen LogP contribution in [-0.2, 0) is 4.79 Å². The summed E-state index contributed by atoms with van der Waals surface area (Å²) < 4.78 is 2.72. The third kappa shape index (κ3) is 3.07. The van der Waals surface area contributed by atoms with E-state index in [9.17, 15) is 4.79 Å². The molecule has 0 bridgehead atoms. The van der Waals surface area contributed by atoms with E-state index in [1.165, 1.54) is 0 Å². The molecule has 0 saturated carbocycles. The van der Waals surface area contributed by atoms with Crippen molar-refractivity contribution in [2.24, 2.45) is 0 Å². The van der Waals surface area contributed by atoms with Gasteiger partial charge in [0.05, 0.1) is 6.54 Å². The average Bonchev–Trinajstić information content (AvgIpc) is 2.21. The molecule has 0 heterocycles. The van der Waals surface area contributed by atoms with Gasteiger partial charge in [0.2, 0.25) is 6.41 Å². The van der Waals surface area contributed by atoms with Gasteiger partial charge >= 0.3 is 0 Å². The van der Waals surface area contributed by atoms with Crippen LogP contribution in [0.15, 0.2) is 30.3 Å². The number of carbonyl (C=O) groups is 1. The first-order chi connectivity index (χ1) is 6.38. The molecule has 2 nitrogen and oxygen atoms in total. The van der Waals surface area contributed by atoms with Crippen LogP contribution in [0.5, 0.6) is 0 Å². The molecule has 0 unspecified atom stereocenters. The predicted octanol–water partition coefficient (Wildman–Crippen LogP) is 2.05. The fourth-order valence-corrected chi connectivity index (χ4v) is 1.09. The summed E-state index contributed by atoms with van der Waals surface area (Å²) in [6.45, 7) is 0.441. The number of hydrogen-bond donors (Lipinski definition) is 0. The van der Waals surface area contributed by atoms with Crippen molar-refractivity contribution in [2.45, 2.75) is 0 Å². The number of halogens is 1. The fourth-order valence-electron chi connectivity index (χ4n) is 0.924. The number of hydrogen-bond acceptors (Lipinski definition) is 1. The lowest BCUT2D eigenvalue weighted by Crippen LogP contribution is -2.20.